The molecular weight excluding hydrogens is 487 g/mol. The van der Waals surface area contributed by atoms with Crippen LogP contribution in [0.1, 0.15) is 18.7 Å². The Morgan fingerprint density at radius 1 is 1.06 bits per heavy atom. The monoisotopic (exact) mass is 514 g/mol. The summed E-state index contributed by atoms with van der Waals surface area (Å²) in [5.41, 5.74) is 1.62. The summed E-state index contributed by atoms with van der Waals surface area (Å²) in [5, 5.41) is 4.74. The molecule has 0 atom stereocenters. The molecular formula is C25H28Cl2N6O2. The van der Waals surface area contributed by atoms with Gasteiger partial charge in [0.25, 0.3) is 0 Å². The number of hydrogen-bond donors (Lipinski definition) is 1. The van der Waals surface area contributed by atoms with Crippen LogP contribution < -0.4 is 14.8 Å². The standard InChI is InChI=1S/C25H27ClN6O2.ClH/c1-31-11-8-18(9-12-31)34-22-5-3-4-20-24(22)25(29-16-28-20)30-17-6-7-21(19(26)14-17)33-15-23-27-10-13-32(23)2;/h3-7,10,13-14,16,18H,8-9,11-12,15H2,1-2H3,(H,28,29,30);1H. The van der Waals surface area contributed by atoms with Gasteiger partial charge in [0.15, 0.2) is 0 Å². The predicted molar refractivity (Wildman–Crippen MR) is 140 cm³/mol. The van der Waals surface area contributed by atoms with Gasteiger partial charge in [-0.05, 0) is 50.2 Å². The Labute approximate surface area is 215 Å². The van der Waals surface area contributed by atoms with Crippen molar-refractivity contribution in [2.24, 2.45) is 7.05 Å². The molecule has 1 aliphatic rings. The number of nitrogens with zero attached hydrogens (tertiary/aromatic N) is 5. The molecule has 5 rings (SSSR count). The highest BCUT2D eigenvalue weighted by Crippen LogP contribution is 2.35. The lowest BCUT2D eigenvalue weighted by molar-refractivity contribution is 0.116. The van der Waals surface area contributed by atoms with Crippen LogP contribution in [-0.2, 0) is 13.7 Å². The van der Waals surface area contributed by atoms with Crippen LogP contribution in [0.4, 0.5) is 11.5 Å². The number of likely N-dealkylation sites (tertiary alicyclic amines) is 1. The first-order valence-corrected chi connectivity index (χ1v) is 11.7. The van der Waals surface area contributed by atoms with Crippen molar-refractivity contribution in [3.05, 3.63) is 66.0 Å². The molecule has 1 N–H and O–H groups in total. The van der Waals surface area contributed by atoms with E-state index in [2.05, 4.69) is 32.2 Å². The Morgan fingerprint density at radius 3 is 2.63 bits per heavy atom. The molecule has 0 unspecified atom stereocenters. The topological polar surface area (TPSA) is 77.3 Å². The van der Waals surface area contributed by atoms with Gasteiger partial charge in [0, 0.05) is 38.2 Å². The van der Waals surface area contributed by atoms with E-state index in [9.17, 15) is 0 Å². The molecule has 4 aromatic rings. The van der Waals surface area contributed by atoms with Crippen molar-refractivity contribution in [2.45, 2.75) is 25.6 Å². The minimum absolute atomic E-state index is 0. The molecule has 2 aromatic carbocycles. The molecule has 3 heterocycles. The van der Waals surface area contributed by atoms with Crippen LogP contribution in [0.2, 0.25) is 5.02 Å². The summed E-state index contributed by atoms with van der Waals surface area (Å²) in [6.45, 7) is 2.40. The van der Waals surface area contributed by atoms with E-state index in [1.807, 2.05) is 54.2 Å². The zero-order valence-corrected chi connectivity index (χ0v) is 21.2. The van der Waals surface area contributed by atoms with Gasteiger partial charge in [-0.3, -0.25) is 0 Å². The predicted octanol–water partition coefficient (Wildman–Crippen LogP) is 5.23. The van der Waals surface area contributed by atoms with Crippen LogP contribution in [0, 0.1) is 0 Å². The van der Waals surface area contributed by atoms with Crippen molar-refractivity contribution < 1.29 is 9.47 Å². The van der Waals surface area contributed by atoms with Crippen LogP contribution in [0.15, 0.2) is 55.1 Å². The number of aryl methyl sites for hydroxylation is 1. The van der Waals surface area contributed by atoms with Gasteiger partial charge in [-0.2, -0.15) is 0 Å². The van der Waals surface area contributed by atoms with E-state index in [-0.39, 0.29) is 18.5 Å². The third-order valence-corrected chi connectivity index (χ3v) is 6.35. The van der Waals surface area contributed by atoms with E-state index in [0.29, 0.717) is 23.2 Å². The number of ether oxygens (including phenoxy) is 2. The first kappa shape index (κ1) is 25.0. The fourth-order valence-corrected chi connectivity index (χ4v) is 4.30. The van der Waals surface area contributed by atoms with E-state index in [4.69, 9.17) is 21.1 Å². The molecule has 1 aliphatic heterocycles. The second-order valence-electron chi connectivity index (χ2n) is 8.51. The zero-order chi connectivity index (χ0) is 23.5. The van der Waals surface area contributed by atoms with Crippen molar-refractivity contribution in [3.8, 4) is 11.5 Å². The largest absolute Gasteiger partial charge is 0.489 e. The molecule has 8 nitrogen and oxygen atoms in total. The number of imidazole rings is 1. The summed E-state index contributed by atoms with van der Waals surface area (Å²) < 4.78 is 14.2. The van der Waals surface area contributed by atoms with E-state index < -0.39 is 0 Å². The smallest absolute Gasteiger partial charge is 0.146 e. The molecule has 0 saturated carbocycles. The number of rotatable bonds is 7. The van der Waals surface area contributed by atoms with E-state index >= 15 is 0 Å². The number of halogens is 2. The SMILES string of the molecule is CN1CCC(Oc2cccc3ncnc(Nc4ccc(OCc5nccn5C)c(Cl)c4)c23)CC1.Cl. The number of hydrogen-bond acceptors (Lipinski definition) is 7. The van der Waals surface area contributed by atoms with Gasteiger partial charge < -0.3 is 24.3 Å². The van der Waals surface area contributed by atoms with Gasteiger partial charge in [-0.25, -0.2) is 15.0 Å². The van der Waals surface area contributed by atoms with Gasteiger partial charge in [-0.15, -0.1) is 12.4 Å². The summed E-state index contributed by atoms with van der Waals surface area (Å²) in [7, 11) is 4.07. The van der Waals surface area contributed by atoms with Crippen molar-refractivity contribution in [2.75, 3.05) is 25.5 Å². The molecule has 184 valence electrons. The number of anilines is 2. The van der Waals surface area contributed by atoms with Crippen molar-refractivity contribution in [1.29, 1.82) is 0 Å². The maximum Gasteiger partial charge on any atom is 0.146 e. The van der Waals surface area contributed by atoms with Crippen LogP contribution in [0.5, 0.6) is 11.5 Å². The first-order valence-electron chi connectivity index (χ1n) is 11.3. The number of piperidine rings is 1. The summed E-state index contributed by atoms with van der Waals surface area (Å²) in [6, 6.07) is 11.5. The molecule has 0 bridgehead atoms. The van der Waals surface area contributed by atoms with Gasteiger partial charge in [0.05, 0.1) is 15.9 Å². The Bertz CT molecular complexity index is 1280. The Kier molecular flexibility index (Phi) is 7.95. The lowest BCUT2D eigenvalue weighted by atomic mass is 10.1. The normalized spacial score (nSPS) is 14.5. The molecule has 0 radical (unpaired) electrons. The van der Waals surface area contributed by atoms with Crippen LogP contribution in [0.3, 0.4) is 0 Å². The van der Waals surface area contributed by atoms with Gasteiger partial charge in [-0.1, -0.05) is 17.7 Å². The Morgan fingerprint density at radius 2 is 1.89 bits per heavy atom. The minimum Gasteiger partial charge on any atom is -0.489 e. The quantitative estimate of drug-likeness (QED) is 0.361. The number of aromatic nitrogens is 4. The van der Waals surface area contributed by atoms with Gasteiger partial charge >= 0.3 is 0 Å². The fraction of sp³-hybridized carbons (Fsp3) is 0.320. The lowest BCUT2D eigenvalue weighted by Crippen LogP contribution is -2.35. The van der Waals surface area contributed by atoms with Crippen molar-refractivity contribution >= 4 is 46.4 Å². The summed E-state index contributed by atoms with van der Waals surface area (Å²) in [5.74, 6) is 2.87. The summed E-state index contributed by atoms with van der Waals surface area (Å²) >= 11 is 6.51. The summed E-state index contributed by atoms with van der Waals surface area (Å²) in [6.07, 6.45) is 7.35. The molecule has 1 fully saturated rings. The van der Waals surface area contributed by atoms with Crippen molar-refractivity contribution in [1.82, 2.24) is 24.4 Å². The zero-order valence-electron chi connectivity index (χ0n) is 19.6. The molecule has 0 spiro atoms. The molecule has 0 amide bonds. The third kappa shape index (κ3) is 5.78. The number of benzene rings is 2. The second-order valence-corrected chi connectivity index (χ2v) is 8.91. The molecule has 2 aromatic heterocycles. The fourth-order valence-electron chi connectivity index (χ4n) is 4.06. The van der Waals surface area contributed by atoms with Crippen molar-refractivity contribution in [3.63, 3.8) is 0 Å². The van der Waals surface area contributed by atoms with Crippen LogP contribution in [0.25, 0.3) is 10.9 Å². The summed E-state index contributed by atoms with van der Waals surface area (Å²) in [4.78, 5) is 15.5. The molecule has 1 saturated heterocycles. The molecule has 35 heavy (non-hydrogen) atoms. The van der Waals surface area contributed by atoms with Crippen LogP contribution in [-0.4, -0.2) is 50.7 Å². The van der Waals surface area contributed by atoms with E-state index in [0.717, 1.165) is 54.1 Å². The highest BCUT2D eigenvalue weighted by atomic mass is 35.5. The number of fused-ring (bicyclic) bond motifs is 1. The lowest BCUT2D eigenvalue weighted by Gasteiger charge is -2.29. The number of nitrogens with one attached hydrogen (secondary N) is 1. The third-order valence-electron chi connectivity index (χ3n) is 6.06. The van der Waals surface area contributed by atoms with Gasteiger partial charge in [0.1, 0.15) is 42.2 Å². The minimum atomic E-state index is 0. The van der Waals surface area contributed by atoms with E-state index in [1.54, 1.807) is 12.5 Å². The maximum absolute atomic E-state index is 6.51. The highest BCUT2D eigenvalue weighted by molar-refractivity contribution is 6.32. The highest BCUT2D eigenvalue weighted by Gasteiger charge is 2.20. The molecule has 0 aliphatic carbocycles. The van der Waals surface area contributed by atoms with Crippen LogP contribution >= 0.6 is 24.0 Å². The Balaban J connectivity index is 0.00000289. The average Bonchev–Trinajstić information content (AvgIpc) is 3.25. The Hall–Kier alpha value is -3.07. The first-order chi connectivity index (χ1) is 16.6. The average molecular weight is 515 g/mol. The van der Waals surface area contributed by atoms with Gasteiger partial charge in [0.2, 0.25) is 0 Å². The maximum atomic E-state index is 6.51. The van der Waals surface area contributed by atoms with E-state index in [1.165, 1.54) is 0 Å². The second kappa shape index (κ2) is 11.1. The molecule has 10 heteroatoms.